The number of aliphatic hydroxyl groups excluding tert-OH is 1. The van der Waals surface area contributed by atoms with E-state index in [2.05, 4.69) is 5.32 Å². The van der Waals surface area contributed by atoms with Gasteiger partial charge in [-0.2, -0.15) is 0 Å². The van der Waals surface area contributed by atoms with E-state index >= 15 is 0 Å². The van der Waals surface area contributed by atoms with Crippen LogP contribution in [0, 0.1) is 0 Å². The number of carbonyl (C=O) groups is 1. The van der Waals surface area contributed by atoms with Gasteiger partial charge in [0.2, 0.25) is 5.91 Å². The molecule has 0 aliphatic heterocycles. The largest absolute Gasteiger partial charge is 0.394 e. The number of hydrogen-bond acceptors (Lipinski definition) is 3. The Morgan fingerprint density at radius 3 is 2.79 bits per heavy atom. The molecule has 19 heavy (non-hydrogen) atoms. The summed E-state index contributed by atoms with van der Waals surface area (Å²) in [6.07, 6.45) is 0. The zero-order valence-corrected chi connectivity index (χ0v) is 12.0. The van der Waals surface area contributed by atoms with Gasteiger partial charge in [-0.3, -0.25) is 4.79 Å². The smallest absolute Gasteiger partial charge is 0.230 e. The van der Waals surface area contributed by atoms with Crippen LogP contribution in [0.3, 0.4) is 0 Å². The summed E-state index contributed by atoms with van der Waals surface area (Å²) in [4.78, 5) is 12.2. The molecule has 0 heterocycles. The number of ether oxygens (including phenoxy) is 1. The summed E-state index contributed by atoms with van der Waals surface area (Å²) in [5.74, 6) is -0.0811. The number of rotatable bonds is 7. The average Bonchev–Trinajstić information content (AvgIpc) is 2.38. The second-order valence-electron chi connectivity index (χ2n) is 4.73. The standard InChI is InChI=1S/C14H20ClNO3/c1-14(2,11-4-3-5-12(15)10-11)13(18)16-6-8-19-9-7-17/h3-5,10,17H,6-9H2,1-2H3,(H,16,18). The third-order valence-corrected chi connectivity index (χ3v) is 3.12. The number of hydrogen-bond donors (Lipinski definition) is 2. The van der Waals surface area contributed by atoms with Crippen LogP contribution in [0.2, 0.25) is 5.02 Å². The molecule has 0 atom stereocenters. The third-order valence-electron chi connectivity index (χ3n) is 2.88. The maximum Gasteiger partial charge on any atom is 0.230 e. The van der Waals surface area contributed by atoms with Crippen LogP contribution in [0.5, 0.6) is 0 Å². The van der Waals surface area contributed by atoms with Crippen LogP contribution in [-0.4, -0.2) is 37.4 Å². The van der Waals surface area contributed by atoms with Gasteiger partial charge in [-0.15, -0.1) is 0 Å². The quantitative estimate of drug-likeness (QED) is 0.750. The highest BCUT2D eigenvalue weighted by molar-refractivity contribution is 6.30. The van der Waals surface area contributed by atoms with Crippen molar-refractivity contribution in [2.45, 2.75) is 19.3 Å². The normalized spacial score (nSPS) is 11.4. The molecule has 0 radical (unpaired) electrons. The molecule has 0 saturated heterocycles. The molecule has 4 nitrogen and oxygen atoms in total. The number of carbonyl (C=O) groups excluding carboxylic acids is 1. The van der Waals surface area contributed by atoms with Crippen LogP contribution in [0.1, 0.15) is 19.4 Å². The van der Waals surface area contributed by atoms with Crippen molar-refractivity contribution in [1.29, 1.82) is 0 Å². The van der Waals surface area contributed by atoms with E-state index in [-0.39, 0.29) is 19.1 Å². The lowest BCUT2D eigenvalue weighted by Crippen LogP contribution is -2.41. The molecular weight excluding hydrogens is 266 g/mol. The van der Waals surface area contributed by atoms with E-state index in [1.807, 2.05) is 26.0 Å². The first kappa shape index (κ1) is 16.0. The Kier molecular flexibility index (Phi) is 6.28. The van der Waals surface area contributed by atoms with Crippen molar-refractivity contribution in [2.75, 3.05) is 26.4 Å². The van der Waals surface area contributed by atoms with Gasteiger partial charge in [0.05, 0.1) is 25.2 Å². The SMILES string of the molecule is CC(C)(C(=O)NCCOCCO)c1cccc(Cl)c1. The molecule has 106 valence electrons. The van der Waals surface area contributed by atoms with Gasteiger partial charge >= 0.3 is 0 Å². The third kappa shape index (κ3) is 4.82. The van der Waals surface area contributed by atoms with Gasteiger partial charge in [-0.1, -0.05) is 23.7 Å². The Morgan fingerprint density at radius 2 is 2.16 bits per heavy atom. The van der Waals surface area contributed by atoms with Gasteiger partial charge in [0, 0.05) is 11.6 Å². The summed E-state index contributed by atoms with van der Waals surface area (Å²) in [6, 6.07) is 7.29. The molecule has 1 aromatic rings. The molecule has 0 aliphatic rings. The minimum Gasteiger partial charge on any atom is -0.394 e. The van der Waals surface area contributed by atoms with Crippen LogP contribution in [0.15, 0.2) is 24.3 Å². The summed E-state index contributed by atoms with van der Waals surface area (Å²) < 4.78 is 5.08. The lowest BCUT2D eigenvalue weighted by atomic mass is 9.84. The lowest BCUT2D eigenvalue weighted by Gasteiger charge is -2.24. The molecule has 0 unspecified atom stereocenters. The lowest BCUT2D eigenvalue weighted by molar-refractivity contribution is -0.125. The molecule has 0 saturated carbocycles. The number of halogens is 1. The Morgan fingerprint density at radius 1 is 1.42 bits per heavy atom. The first-order valence-corrected chi connectivity index (χ1v) is 6.59. The summed E-state index contributed by atoms with van der Waals surface area (Å²) in [7, 11) is 0. The molecule has 1 rings (SSSR count). The summed E-state index contributed by atoms with van der Waals surface area (Å²) >= 11 is 5.94. The highest BCUT2D eigenvalue weighted by Gasteiger charge is 2.29. The molecule has 5 heteroatoms. The molecule has 1 aromatic carbocycles. The zero-order chi connectivity index (χ0) is 14.3. The van der Waals surface area contributed by atoms with E-state index in [0.717, 1.165) is 5.56 Å². The minimum atomic E-state index is -0.651. The van der Waals surface area contributed by atoms with Gasteiger partial charge in [0.1, 0.15) is 0 Å². The fourth-order valence-electron chi connectivity index (χ4n) is 1.63. The van der Waals surface area contributed by atoms with Gasteiger partial charge in [0.25, 0.3) is 0 Å². The second kappa shape index (κ2) is 7.48. The number of benzene rings is 1. The van der Waals surface area contributed by atoms with Gasteiger partial charge in [-0.25, -0.2) is 0 Å². The van der Waals surface area contributed by atoms with Crippen molar-refractivity contribution in [3.63, 3.8) is 0 Å². The fraction of sp³-hybridized carbons (Fsp3) is 0.500. The van der Waals surface area contributed by atoms with Crippen LogP contribution < -0.4 is 5.32 Å². The molecular formula is C14H20ClNO3. The first-order chi connectivity index (χ1) is 8.98. The summed E-state index contributed by atoms with van der Waals surface area (Å²) in [6.45, 7) is 4.78. The molecule has 0 aromatic heterocycles. The number of nitrogens with one attached hydrogen (secondary N) is 1. The number of aliphatic hydroxyl groups is 1. The van der Waals surface area contributed by atoms with E-state index in [9.17, 15) is 4.79 Å². The highest BCUT2D eigenvalue weighted by atomic mass is 35.5. The van der Waals surface area contributed by atoms with E-state index < -0.39 is 5.41 Å². The highest BCUT2D eigenvalue weighted by Crippen LogP contribution is 2.25. The molecule has 0 aliphatic carbocycles. The van der Waals surface area contributed by atoms with Crippen molar-refractivity contribution in [1.82, 2.24) is 5.32 Å². The average molecular weight is 286 g/mol. The molecule has 1 amide bonds. The van der Waals surface area contributed by atoms with Gasteiger partial charge < -0.3 is 15.2 Å². The van der Waals surface area contributed by atoms with Crippen LogP contribution in [-0.2, 0) is 14.9 Å². The predicted molar refractivity (Wildman–Crippen MR) is 75.4 cm³/mol. The molecule has 0 fully saturated rings. The summed E-state index contributed by atoms with van der Waals surface area (Å²) in [5, 5.41) is 12.0. The fourth-order valence-corrected chi connectivity index (χ4v) is 1.82. The number of amides is 1. The first-order valence-electron chi connectivity index (χ1n) is 6.21. The Bertz CT molecular complexity index is 421. The second-order valence-corrected chi connectivity index (χ2v) is 5.16. The molecule has 2 N–H and O–H groups in total. The Hall–Kier alpha value is -1.10. The topological polar surface area (TPSA) is 58.6 Å². The van der Waals surface area contributed by atoms with Gasteiger partial charge in [-0.05, 0) is 31.5 Å². The van der Waals surface area contributed by atoms with E-state index in [1.165, 1.54) is 0 Å². The van der Waals surface area contributed by atoms with Crippen molar-refractivity contribution in [2.24, 2.45) is 0 Å². The van der Waals surface area contributed by atoms with Crippen molar-refractivity contribution in [3.8, 4) is 0 Å². The van der Waals surface area contributed by atoms with E-state index in [1.54, 1.807) is 12.1 Å². The van der Waals surface area contributed by atoms with Crippen LogP contribution >= 0.6 is 11.6 Å². The summed E-state index contributed by atoms with van der Waals surface area (Å²) in [5.41, 5.74) is 0.218. The molecule has 0 spiro atoms. The zero-order valence-electron chi connectivity index (χ0n) is 11.3. The van der Waals surface area contributed by atoms with Crippen LogP contribution in [0.25, 0.3) is 0 Å². The van der Waals surface area contributed by atoms with Crippen molar-refractivity contribution in [3.05, 3.63) is 34.9 Å². The van der Waals surface area contributed by atoms with Gasteiger partial charge in [0.15, 0.2) is 0 Å². The predicted octanol–water partition coefficient (Wildman–Crippen LogP) is 1.74. The Balaban J connectivity index is 2.54. The van der Waals surface area contributed by atoms with E-state index in [4.69, 9.17) is 21.4 Å². The van der Waals surface area contributed by atoms with Crippen molar-refractivity contribution >= 4 is 17.5 Å². The minimum absolute atomic E-state index is 0.0120. The van der Waals surface area contributed by atoms with Crippen LogP contribution in [0.4, 0.5) is 0 Å². The van der Waals surface area contributed by atoms with E-state index in [0.29, 0.717) is 18.2 Å². The maximum absolute atomic E-state index is 12.2. The Labute approximate surface area is 118 Å². The maximum atomic E-state index is 12.2. The molecule has 0 bridgehead atoms. The van der Waals surface area contributed by atoms with Crippen molar-refractivity contribution < 1.29 is 14.6 Å². The monoisotopic (exact) mass is 285 g/mol.